The van der Waals surface area contributed by atoms with Crippen molar-refractivity contribution in [3.63, 3.8) is 0 Å². The lowest BCUT2D eigenvalue weighted by Gasteiger charge is -2.29. The van der Waals surface area contributed by atoms with Gasteiger partial charge in [-0.05, 0) is 37.5 Å². The van der Waals surface area contributed by atoms with Crippen molar-refractivity contribution in [2.75, 3.05) is 13.1 Å². The number of aryl methyl sites for hydroxylation is 1. The van der Waals surface area contributed by atoms with E-state index in [-0.39, 0.29) is 29.6 Å². The lowest BCUT2D eigenvalue weighted by Crippen LogP contribution is -2.42. The molecule has 1 aromatic rings. The van der Waals surface area contributed by atoms with E-state index in [1.165, 1.54) is 23.4 Å². The molecule has 1 aliphatic rings. The van der Waals surface area contributed by atoms with E-state index in [1.54, 1.807) is 0 Å². The van der Waals surface area contributed by atoms with Crippen molar-refractivity contribution < 1.29 is 21.6 Å². The second-order valence-corrected chi connectivity index (χ2v) is 7.15. The van der Waals surface area contributed by atoms with E-state index in [2.05, 4.69) is 0 Å². The van der Waals surface area contributed by atoms with Gasteiger partial charge in [0.25, 0.3) is 0 Å². The molecule has 2 rings (SSSR count). The highest BCUT2D eigenvalue weighted by atomic mass is 32.2. The predicted octanol–water partition coefficient (Wildman–Crippen LogP) is 2.13. The molecule has 0 radical (unpaired) electrons. The number of nitrogens with zero attached hydrogens (tertiary/aromatic N) is 1. The van der Waals surface area contributed by atoms with Crippen molar-refractivity contribution in [1.82, 2.24) is 4.31 Å². The summed E-state index contributed by atoms with van der Waals surface area (Å²) in [6.45, 7) is 1.77. The number of benzene rings is 1. The fourth-order valence-corrected chi connectivity index (χ4v) is 3.83. The van der Waals surface area contributed by atoms with Crippen molar-refractivity contribution in [2.24, 2.45) is 5.73 Å². The Morgan fingerprint density at radius 1 is 1.24 bits per heavy atom. The van der Waals surface area contributed by atoms with Gasteiger partial charge in [0, 0.05) is 19.1 Å². The maximum atomic E-state index is 12.9. The minimum Gasteiger partial charge on any atom is -0.328 e. The smallest absolute Gasteiger partial charge is 0.328 e. The molecular formula is C13H17F3N2O2S. The molecule has 0 atom stereocenters. The van der Waals surface area contributed by atoms with Crippen molar-refractivity contribution in [2.45, 2.75) is 36.9 Å². The van der Waals surface area contributed by atoms with Gasteiger partial charge in [0.2, 0.25) is 10.0 Å². The van der Waals surface area contributed by atoms with Crippen LogP contribution >= 0.6 is 0 Å². The molecule has 0 spiro atoms. The Balaban J connectivity index is 2.37. The molecule has 0 unspecified atom stereocenters. The van der Waals surface area contributed by atoms with Gasteiger partial charge in [0.15, 0.2) is 0 Å². The third kappa shape index (κ3) is 3.38. The molecule has 0 aliphatic carbocycles. The Hall–Kier alpha value is -1.12. The van der Waals surface area contributed by atoms with E-state index >= 15 is 0 Å². The Bertz CT molecular complexity index is 621. The Labute approximate surface area is 121 Å². The summed E-state index contributed by atoms with van der Waals surface area (Å²) in [6.07, 6.45) is -3.55. The van der Waals surface area contributed by atoms with Crippen LogP contribution in [0, 0.1) is 6.92 Å². The fourth-order valence-electron chi connectivity index (χ4n) is 2.33. The third-order valence-electron chi connectivity index (χ3n) is 3.65. The summed E-state index contributed by atoms with van der Waals surface area (Å²) in [6, 6.07) is 3.05. The summed E-state index contributed by atoms with van der Waals surface area (Å²) in [5.41, 5.74) is 4.79. The normalized spacial score (nSPS) is 18.9. The van der Waals surface area contributed by atoms with Crippen LogP contribution < -0.4 is 5.73 Å². The molecule has 0 bridgehead atoms. The molecule has 0 amide bonds. The number of halogens is 3. The van der Waals surface area contributed by atoms with Crippen LogP contribution in [0.4, 0.5) is 13.2 Å². The number of hydrogen-bond acceptors (Lipinski definition) is 3. The van der Waals surface area contributed by atoms with Gasteiger partial charge in [-0.3, -0.25) is 0 Å². The van der Waals surface area contributed by atoms with Gasteiger partial charge in [0.1, 0.15) is 0 Å². The van der Waals surface area contributed by atoms with Crippen LogP contribution in [-0.2, 0) is 16.2 Å². The Kier molecular flexibility index (Phi) is 4.32. The second kappa shape index (κ2) is 5.58. The minimum atomic E-state index is -4.57. The molecule has 1 aliphatic heterocycles. The Morgan fingerprint density at radius 3 is 2.33 bits per heavy atom. The molecule has 1 aromatic carbocycles. The molecule has 1 heterocycles. The van der Waals surface area contributed by atoms with E-state index < -0.39 is 21.8 Å². The number of hydrogen-bond donors (Lipinski definition) is 1. The van der Waals surface area contributed by atoms with Crippen LogP contribution in [0.5, 0.6) is 0 Å². The zero-order chi connectivity index (χ0) is 15.8. The number of rotatable bonds is 2. The molecule has 2 N–H and O–H groups in total. The van der Waals surface area contributed by atoms with Crippen LogP contribution in [0.2, 0.25) is 0 Å². The van der Waals surface area contributed by atoms with Crippen LogP contribution in [-0.4, -0.2) is 31.9 Å². The highest BCUT2D eigenvalue weighted by molar-refractivity contribution is 7.89. The van der Waals surface area contributed by atoms with E-state index in [9.17, 15) is 21.6 Å². The van der Waals surface area contributed by atoms with Gasteiger partial charge in [-0.2, -0.15) is 17.5 Å². The summed E-state index contributed by atoms with van der Waals surface area (Å²) < 4.78 is 64.7. The van der Waals surface area contributed by atoms with Crippen LogP contribution in [0.25, 0.3) is 0 Å². The van der Waals surface area contributed by atoms with Gasteiger partial charge in [-0.25, -0.2) is 8.42 Å². The predicted molar refractivity (Wildman–Crippen MR) is 72.1 cm³/mol. The summed E-state index contributed by atoms with van der Waals surface area (Å²) >= 11 is 0. The molecule has 1 saturated heterocycles. The van der Waals surface area contributed by atoms with Crippen molar-refractivity contribution in [1.29, 1.82) is 0 Å². The fraction of sp³-hybridized carbons (Fsp3) is 0.538. The summed E-state index contributed by atoms with van der Waals surface area (Å²) in [5, 5.41) is 0. The van der Waals surface area contributed by atoms with Gasteiger partial charge in [0.05, 0.1) is 10.5 Å². The SMILES string of the molecule is Cc1ccc(S(=O)(=O)N2CCC(N)CC2)cc1C(F)(F)F. The number of piperidine rings is 1. The van der Waals surface area contributed by atoms with E-state index in [1.807, 2.05) is 0 Å². The lowest BCUT2D eigenvalue weighted by atomic mass is 10.1. The zero-order valence-electron chi connectivity index (χ0n) is 11.5. The number of nitrogens with two attached hydrogens (primary N) is 1. The largest absolute Gasteiger partial charge is 0.416 e. The van der Waals surface area contributed by atoms with Gasteiger partial charge in [-0.1, -0.05) is 6.07 Å². The van der Waals surface area contributed by atoms with Crippen LogP contribution in [0.15, 0.2) is 23.1 Å². The van der Waals surface area contributed by atoms with Crippen molar-refractivity contribution >= 4 is 10.0 Å². The van der Waals surface area contributed by atoms with Crippen LogP contribution in [0.3, 0.4) is 0 Å². The molecule has 1 fully saturated rings. The standard InChI is InChI=1S/C13H17F3N2O2S/c1-9-2-3-11(8-12(9)13(14,15)16)21(19,20)18-6-4-10(17)5-7-18/h2-3,8,10H,4-7,17H2,1H3. The monoisotopic (exact) mass is 322 g/mol. The maximum Gasteiger partial charge on any atom is 0.416 e. The molecule has 0 saturated carbocycles. The van der Waals surface area contributed by atoms with Gasteiger partial charge < -0.3 is 5.73 Å². The maximum absolute atomic E-state index is 12.9. The number of sulfonamides is 1. The van der Waals surface area contributed by atoms with E-state index in [0.29, 0.717) is 18.9 Å². The lowest BCUT2D eigenvalue weighted by molar-refractivity contribution is -0.138. The first kappa shape index (κ1) is 16.3. The zero-order valence-corrected chi connectivity index (χ0v) is 12.3. The van der Waals surface area contributed by atoms with Crippen LogP contribution in [0.1, 0.15) is 24.0 Å². The number of alkyl halides is 3. The molecule has 4 nitrogen and oxygen atoms in total. The first-order valence-electron chi connectivity index (χ1n) is 6.56. The van der Waals surface area contributed by atoms with Gasteiger partial charge >= 0.3 is 6.18 Å². The summed E-state index contributed by atoms with van der Waals surface area (Å²) in [7, 11) is -3.91. The van der Waals surface area contributed by atoms with Crippen molar-refractivity contribution in [3.8, 4) is 0 Å². The topological polar surface area (TPSA) is 63.4 Å². The molecule has 21 heavy (non-hydrogen) atoms. The average molecular weight is 322 g/mol. The highest BCUT2D eigenvalue weighted by Crippen LogP contribution is 2.34. The average Bonchev–Trinajstić information content (AvgIpc) is 2.38. The van der Waals surface area contributed by atoms with Gasteiger partial charge in [-0.15, -0.1) is 0 Å². The summed E-state index contributed by atoms with van der Waals surface area (Å²) in [4.78, 5) is -0.323. The second-order valence-electron chi connectivity index (χ2n) is 5.22. The minimum absolute atomic E-state index is 0.00196. The van der Waals surface area contributed by atoms with E-state index in [4.69, 9.17) is 5.73 Å². The molecular weight excluding hydrogens is 305 g/mol. The Morgan fingerprint density at radius 2 is 1.81 bits per heavy atom. The molecule has 118 valence electrons. The van der Waals surface area contributed by atoms with E-state index in [0.717, 1.165) is 0 Å². The van der Waals surface area contributed by atoms with Crippen molar-refractivity contribution in [3.05, 3.63) is 29.3 Å². The molecule has 0 aromatic heterocycles. The third-order valence-corrected chi connectivity index (χ3v) is 5.55. The summed E-state index contributed by atoms with van der Waals surface area (Å²) in [5.74, 6) is 0. The first-order chi connectivity index (χ1) is 9.62. The quantitative estimate of drug-likeness (QED) is 0.907. The first-order valence-corrected chi connectivity index (χ1v) is 8.00. The molecule has 8 heteroatoms. The highest BCUT2D eigenvalue weighted by Gasteiger charge is 2.35.